The molecule has 1 rings (SSSR count). The van der Waals surface area contributed by atoms with Crippen LogP contribution in [0.1, 0.15) is 66.9 Å². The quantitative estimate of drug-likeness (QED) is 0.195. The molecule has 1 aromatic carbocycles. The van der Waals surface area contributed by atoms with Gasteiger partial charge in [-0.15, -0.1) is 6.58 Å². The maximum absolute atomic E-state index is 12.2. The number of rotatable bonds is 10. The molecule has 0 fully saturated rings. The number of benzene rings is 1. The third-order valence-corrected chi connectivity index (χ3v) is 15.5. The molecule has 0 unspecified atom stereocenters. The van der Waals surface area contributed by atoms with Crippen LogP contribution in [0.15, 0.2) is 30.9 Å². The Balaban J connectivity index is 3.17. The molecule has 182 valence electrons. The molecule has 1 aromatic rings. The standard InChI is InChI=1S/C26H46O4Si2/c1-13-14-20(2)28-24(27)18-16-21-15-17-22(29-31(9,10)25(3,4)5)23(19-21)30-32(11,12)26(6,7)8/h13,15,17,19-20H,1,14,16,18H2,2-12H3/t20-/m1/s1. The van der Waals surface area contributed by atoms with E-state index in [9.17, 15) is 4.79 Å². The van der Waals surface area contributed by atoms with Gasteiger partial charge in [-0.1, -0.05) is 53.7 Å². The number of hydrogen-bond acceptors (Lipinski definition) is 4. The van der Waals surface area contributed by atoms with Crippen molar-refractivity contribution in [2.45, 2.75) is 110 Å². The molecular weight excluding hydrogens is 432 g/mol. The second kappa shape index (κ2) is 10.6. The molecule has 0 N–H and O–H groups in total. The van der Waals surface area contributed by atoms with Gasteiger partial charge in [0.05, 0.1) is 0 Å². The number of hydrogen-bond donors (Lipinski definition) is 0. The van der Waals surface area contributed by atoms with Crippen molar-refractivity contribution in [1.82, 2.24) is 0 Å². The number of carbonyl (C=O) groups is 1. The first-order chi connectivity index (χ1) is 14.4. The van der Waals surface area contributed by atoms with Gasteiger partial charge in [0, 0.05) is 12.8 Å². The van der Waals surface area contributed by atoms with Crippen molar-refractivity contribution >= 4 is 22.6 Å². The fraction of sp³-hybridized carbons (Fsp3) is 0.654. The lowest BCUT2D eigenvalue weighted by Crippen LogP contribution is -2.45. The summed E-state index contributed by atoms with van der Waals surface area (Å²) in [7, 11) is -4.09. The first kappa shape index (κ1) is 28.5. The number of aryl methyl sites for hydroxylation is 1. The summed E-state index contributed by atoms with van der Waals surface area (Å²) in [5.74, 6) is 1.42. The minimum atomic E-state index is -2.06. The molecule has 0 aromatic heterocycles. The molecule has 0 heterocycles. The molecule has 0 saturated carbocycles. The zero-order valence-electron chi connectivity index (χ0n) is 22.3. The summed E-state index contributed by atoms with van der Waals surface area (Å²) in [6, 6.07) is 6.12. The van der Waals surface area contributed by atoms with Crippen LogP contribution in [0, 0.1) is 0 Å². The summed E-state index contributed by atoms with van der Waals surface area (Å²) in [4.78, 5) is 12.2. The Labute approximate surface area is 199 Å². The maximum atomic E-state index is 12.2. The maximum Gasteiger partial charge on any atom is 0.306 e. The van der Waals surface area contributed by atoms with E-state index in [1.165, 1.54) is 0 Å². The average molecular weight is 479 g/mol. The van der Waals surface area contributed by atoms with Crippen molar-refractivity contribution in [3.8, 4) is 11.5 Å². The van der Waals surface area contributed by atoms with Gasteiger partial charge in [0.1, 0.15) is 17.6 Å². The minimum absolute atomic E-state index is 0.0718. The Kier molecular flexibility index (Phi) is 9.44. The van der Waals surface area contributed by atoms with Gasteiger partial charge in [-0.3, -0.25) is 4.79 Å². The SMILES string of the molecule is C=CC[C@@H](C)OC(=O)CCc1ccc(O[Si](C)(C)C(C)(C)C)c(O[Si](C)(C)C(C)(C)C)c1. The second-order valence-electron chi connectivity index (χ2n) is 11.8. The van der Waals surface area contributed by atoms with Crippen LogP contribution in [0.4, 0.5) is 0 Å². The van der Waals surface area contributed by atoms with E-state index in [2.05, 4.69) is 80.4 Å². The highest BCUT2D eigenvalue weighted by Gasteiger charge is 2.42. The Morgan fingerprint density at radius 1 is 0.969 bits per heavy atom. The molecule has 0 aliphatic rings. The molecule has 0 amide bonds. The number of carbonyl (C=O) groups excluding carboxylic acids is 1. The van der Waals surface area contributed by atoms with E-state index in [1.54, 1.807) is 6.08 Å². The van der Waals surface area contributed by atoms with Crippen LogP contribution in [-0.4, -0.2) is 28.7 Å². The summed E-state index contributed by atoms with van der Waals surface area (Å²) in [5.41, 5.74) is 1.05. The highest BCUT2D eigenvalue weighted by molar-refractivity contribution is 6.75. The van der Waals surface area contributed by atoms with Crippen molar-refractivity contribution in [2.24, 2.45) is 0 Å². The largest absolute Gasteiger partial charge is 0.541 e. The lowest BCUT2D eigenvalue weighted by atomic mass is 10.1. The van der Waals surface area contributed by atoms with Crippen molar-refractivity contribution in [3.05, 3.63) is 36.4 Å². The molecule has 0 radical (unpaired) electrons. The summed E-state index contributed by atoms with van der Waals surface area (Å²) >= 11 is 0. The van der Waals surface area contributed by atoms with Crippen LogP contribution in [-0.2, 0) is 16.0 Å². The monoisotopic (exact) mass is 478 g/mol. The van der Waals surface area contributed by atoms with Crippen molar-refractivity contribution in [3.63, 3.8) is 0 Å². The van der Waals surface area contributed by atoms with Gasteiger partial charge < -0.3 is 13.6 Å². The predicted molar refractivity (Wildman–Crippen MR) is 141 cm³/mol. The Bertz CT molecular complexity index is 786. The van der Waals surface area contributed by atoms with Crippen molar-refractivity contribution in [1.29, 1.82) is 0 Å². The number of ether oxygens (including phenoxy) is 1. The Hall–Kier alpha value is -1.54. The predicted octanol–water partition coefficient (Wildman–Crippen LogP) is 7.90. The van der Waals surface area contributed by atoms with Crippen LogP contribution in [0.3, 0.4) is 0 Å². The Morgan fingerprint density at radius 3 is 1.94 bits per heavy atom. The van der Waals surface area contributed by atoms with E-state index < -0.39 is 16.6 Å². The smallest absolute Gasteiger partial charge is 0.306 e. The number of esters is 1. The van der Waals surface area contributed by atoms with Crippen LogP contribution in [0.25, 0.3) is 0 Å². The highest BCUT2D eigenvalue weighted by Crippen LogP contribution is 2.43. The van der Waals surface area contributed by atoms with Gasteiger partial charge in [-0.2, -0.15) is 0 Å². The lowest BCUT2D eigenvalue weighted by molar-refractivity contribution is -0.148. The van der Waals surface area contributed by atoms with Crippen molar-refractivity contribution < 1.29 is 18.4 Å². The molecule has 4 nitrogen and oxygen atoms in total. The summed E-state index contributed by atoms with van der Waals surface area (Å²) in [6.07, 6.45) is 3.23. The van der Waals surface area contributed by atoms with Crippen LogP contribution < -0.4 is 8.85 Å². The zero-order valence-corrected chi connectivity index (χ0v) is 24.3. The molecule has 1 atom stereocenters. The molecule has 0 spiro atoms. The van der Waals surface area contributed by atoms with Gasteiger partial charge in [-0.25, -0.2) is 0 Å². The molecule has 0 aliphatic carbocycles. The van der Waals surface area contributed by atoms with E-state index in [1.807, 2.05) is 19.1 Å². The van der Waals surface area contributed by atoms with Gasteiger partial charge in [0.15, 0.2) is 0 Å². The van der Waals surface area contributed by atoms with Gasteiger partial charge in [-0.05, 0) is 67.3 Å². The van der Waals surface area contributed by atoms with E-state index in [-0.39, 0.29) is 22.1 Å². The lowest BCUT2D eigenvalue weighted by Gasteiger charge is -2.39. The molecule has 0 aliphatic heterocycles. The first-order valence-corrected chi connectivity index (χ1v) is 17.5. The van der Waals surface area contributed by atoms with E-state index >= 15 is 0 Å². The highest BCUT2D eigenvalue weighted by atomic mass is 28.4. The van der Waals surface area contributed by atoms with E-state index in [0.29, 0.717) is 19.3 Å². The second-order valence-corrected chi connectivity index (χ2v) is 21.3. The average Bonchev–Trinajstić information content (AvgIpc) is 2.59. The minimum Gasteiger partial charge on any atom is -0.541 e. The molecule has 32 heavy (non-hydrogen) atoms. The summed E-state index contributed by atoms with van der Waals surface area (Å²) in [5, 5.41) is 0.161. The Morgan fingerprint density at radius 2 is 1.47 bits per heavy atom. The molecule has 6 heteroatoms. The van der Waals surface area contributed by atoms with E-state index in [4.69, 9.17) is 13.6 Å². The normalized spacial score (nSPS) is 14.0. The van der Waals surface area contributed by atoms with Gasteiger partial charge in [0.2, 0.25) is 0 Å². The van der Waals surface area contributed by atoms with Crippen LogP contribution in [0.2, 0.25) is 36.3 Å². The molecular formula is C26H46O4Si2. The summed E-state index contributed by atoms with van der Waals surface area (Å²) < 4.78 is 18.8. The zero-order chi connectivity index (χ0) is 25.0. The molecule has 0 saturated heterocycles. The van der Waals surface area contributed by atoms with E-state index in [0.717, 1.165) is 17.1 Å². The van der Waals surface area contributed by atoms with Crippen molar-refractivity contribution in [2.75, 3.05) is 0 Å². The topological polar surface area (TPSA) is 44.8 Å². The molecule has 0 bridgehead atoms. The van der Waals surface area contributed by atoms with Gasteiger partial charge >= 0.3 is 5.97 Å². The fourth-order valence-electron chi connectivity index (χ4n) is 2.54. The summed E-state index contributed by atoms with van der Waals surface area (Å²) in [6.45, 7) is 28.0. The third-order valence-electron chi connectivity index (χ3n) is 6.80. The van der Waals surface area contributed by atoms with Crippen LogP contribution in [0.5, 0.6) is 11.5 Å². The fourth-order valence-corrected chi connectivity index (χ4v) is 4.58. The van der Waals surface area contributed by atoms with Gasteiger partial charge in [0.25, 0.3) is 16.6 Å². The van der Waals surface area contributed by atoms with Crippen LogP contribution >= 0.6 is 0 Å². The first-order valence-electron chi connectivity index (χ1n) is 11.7. The third kappa shape index (κ3) is 8.11.